The number of aromatic nitrogens is 1. The summed E-state index contributed by atoms with van der Waals surface area (Å²) in [5, 5.41) is 0.223. The van der Waals surface area contributed by atoms with Gasteiger partial charge in [-0.05, 0) is 30.7 Å². The molecule has 0 spiro atoms. The molecule has 2 rings (SSSR count). The van der Waals surface area contributed by atoms with Crippen LogP contribution in [-0.2, 0) is 17.1 Å². The number of nitrogens with one attached hydrogen (secondary N) is 1. The molecule has 0 aliphatic rings. The lowest BCUT2D eigenvalue weighted by molar-refractivity contribution is -0.153. The lowest BCUT2D eigenvalue weighted by Crippen LogP contribution is -2.38. The predicted molar refractivity (Wildman–Crippen MR) is 87.0 cm³/mol. The first-order valence-electron chi connectivity index (χ1n) is 6.93. The van der Waals surface area contributed by atoms with Crippen molar-refractivity contribution in [2.75, 3.05) is 0 Å². The summed E-state index contributed by atoms with van der Waals surface area (Å²) >= 11 is 5.66. The van der Waals surface area contributed by atoms with Crippen LogP contribution in [0.1, 0.15) is 17.2 Å². The van der Waals surface area contributed by atoms with Gasteiger partial charge in [0, 0.05) is 23.8 Å². The molecule has 0 fully saturated rings. The van der Waals surface area contributed by atoms with E-state index in [1.165, 1.54) is 26.1 Å². The predicted octanol–water partition coefficient (Wildman–Crippen LogP) is 2.93. The van der Waals surface area contributed by atoms with E-state index in [0.717, 1.165) is 29.0 Å². The number of halogens is 4. The Bertz CT molecular complexity index is 912. The summed E-state index contributed by atoms with van der Waals surface area (Å²) in [6.07, 6.45) is -3.90. The maximum Gasteiger partial charge on any atom is 0.408 e. The fraction of sp³-hybridized carbons (Fsp3) is 0.267. The average molecular weight is 395 g/mol. The van der Waals surface area contributed by atoms with E-state index < -0.39 is 32.7 Å². The van der Waals surface area contributed by atoms with E-state index >= 15 is 0 Å². The number of benzene rings is 1. The number of aryl methyl sites for hydroxylation is 2. The van der Waals surface area contributed by atoms with Gasteiger partial charge in [0.05, 0.1) is 4.90 Å². The normalized spacial score (nSPS) is 13.7. The van der Waals surface area contributed by atoms with Crippen LogP contribution in [0.15, 0.2) is 46.2 Å². The molecule has 25 heavy (non-hydrogen) atoms. The number of sulfonamides is 1. The molecule has 0 amide bonds. The number of nitrogens with zero attached hydrogens (tertiary/aromatic N) is 1. The van der Waals surface area contributed by atoms with Crippen LogP contribution in [0.2, 0.25) is 5.02 Å². The van der Waals surface area contributed by atoms with Crippen molar-refractivity contribution in [2.45, 2.75) is 24.0 Å². The Labute approximate surface area is 147 Å². The zero-order chi connectivity index (χ0) is 19.0. The minimum absolute atomic E-state index is 0.0976. The van der Waals surface area contributed by atoms with E-state index in [1.807, 2.05) is 0 Å². The summed E-state index contributed by atoms with van der Waals surface area (Å²) in [6, 6.07) is 3.23. The summed E-state index contributed by atoms with van der Waals surface area (Å²) in [6.45, 7) is 1.38. The van der Waals surface area contributed by atoms with Crippen LogP contribution in [0.25, 0.3) is 0 Å². The van der Waals surface area contributed by atoms with Gasteiger partial charge in [0.2, 0.25) is 10.0 Å². The van der Waals surface area contributed by atoms with E-state index in [1.54, 1.807) is 4.72 Å². The average Bonchev–Trinajstić information content (AvgIpc) is 2.50. The van der Waals surface area contributed by atoms with Gasteiger partial charge in [-0.2, -0.15) is 17.9 Å². The highest BCUT2D eigenvalue weighted by atomic mass is 35.5. The van der Waals surface area contributed by atoms with Crippen molar-refractivity contribution < 1.29 is 21.6 Å². The van der Waals surface area contributed by atoms with Gasteiger partial charge in [-0.3, -0.25) is 4.79 Å². The smallest absolute Gasteiger partial charge is 0.317 e. The molecule has 1 atom stereocenters. The maximum atomic E-state index is 13.4. The Morgan fingerprint density at radius 2 is 1.76 bits per heavy atom. The third-order valence-electron chi connectivity index (χ3n) is 3.45. The summed E-state index contributed by atoms with van der Waals surface area (Å²) in [7, 11) is -3.21. The molecule has 5 nitrogen and oxygen atoms in total. The van der Waals surface area contributed by atoms with E-state index in [-0.39, 0.29) is 16.1 Å². The van der Waals surface area contributed by atoms with Gasteiger partial charge in [-0.25, -0.2) is 8.42 Å². The molecule has 1 aromatic heterocycles. The van der Waals surface area contributed by atoms with E-state index in [0.29, 0.717) is 0 Å². The zero-order valence-electron chi connectivity index (χ0n) is 13.1. The third kappa shape index (κ3) is 4.42. The fourth-order valence-electron chi connectivity index (χ4n) is 2.19. The SMILES string of the molecule is Cc1cc(S(=O)(=O)NC(c2ccc(Cl)cc2)C(F)(F)F)cn(C)c1=O. The molecule has 136 valence electrons. The Balaban J connectivity index is 2.48. The van der Waals surface area contributed by atoms with Crippen LogP contribution in [0.5, 0.6) is 0 Å². The zero-order valence-corrected chi connectivity index (χ0v) is 14.7. The number of rotatable bonds is 4. The van der Waals surface area contributed by atoms with Crippen LogP contribution >= 0.6 is 11.6 Å². The van der Waals surface area contributed by atoms with Gasteiger partial charge < -0.3 is 4.57 Å². The third-order valence-corrected chi connectivity index (χ3v) is 5.09. The van der Waals surface area contributed by atoms with E-state index in [2.05, 4.69) is 0 Å². The van der Waals surface area contributed by atoms with Gasteiger partial charge in [0.25, 0.3) is 5.56 Å². The van der Waals surface area contributed by atoms with Crippen LogP contribution < -0.4 is 10.3 Å². The van der Waals surface area contributed by atoms with Crippen molar-refractivity contribution >= 4 is 21.6 Å². The molecule has 0 aliphatic carbocycles. The molecule has 0 radical (unpaired) electrons. The van der Waals surface area contributed by atoms with Gasteiger partial charge in [0.1, 0.15) is 6.04 Å². The molecule has 1 unspecified atom stereocenters. The summed E-state index contributed by atoms with van der Waals surface area (Å²) in [4.78, 5) is 11.2. The quantitative estimate of drug-likeness (QED) is 0.867. The lowest BCUT2D eigenvalue weighted by Gasteiger charge is -2.22. The second-order valence-electron chi connectivity index (χ2n) is 5.42. The first-order chi connectivity index (χ1) is 11.4. The number of alkyl halides is 3. The number of pyridine rings is 1. The topological polar surface area (TPSA) is 68.2 Å². The summed E-state index contributed by atoms with van der Waals surface area (Å²) in [5.74, 6) is 0. The molecular formula is C15H14ClF3N2O3S. The molecule has 0 saturated heterocycles. The van der Waals surface area contributed by atoms with Crippen molar-refractivity contribution in [3.8, 4) is 0 Å². The highest BCUT2D eigenvalue weighted by Crippen LogP contribution is 2.34. The van der Waals surface area contributed by atoms with Crippen LogP contribution in [0, 0.1) is 6.92 Å². The number of hydrogen-bond donors (Lipinski definition) is 1. The monoisotopic (exact) mass is 394 g/mol. The second kappa shape index (κ2) is 6.81. The van der Waals surface area contributed by atoms with Crippen LogP contribution in [0.3, 0.4) is 0 Å². The first kappa shape index (κ1) is 19.5. The Morgan fingerprint density at radius 1 is 1.20 bits per heavy atom. The molecule has 2 aromatic rings. The minimum Gasteiger partial charge on any atom is -0.317 e. The van der Waals surface area contributed by atoms with Crippen molar-refractivity contribution in [2.24, 2.45) is 7.05 Å². The molecule has 0 aliphatic heterocycles. The van der Waals surface area contributed by atoms with Gasteiger partial charge in [0.15, 0.2) is 0 Å². The van der Waals surface area contributed by atoms with Crippen molar-refractivity contribution in [3.05, 3.63) is 63.0 Å². The van der Waals surface area contributed by atoms with Gasteiger partial charge in [-0.1, -0.05) is 23.7 Å². The molecule has 1 heterocycles. The molecular weight excluding hydrogens is 381 g/mol. The standard InChI is InChI=1S/C15H14ClF3N2O3S/c1-9-7-12(8-21(2)14(9)22)25(23,24)20-13(15(17,18)19)10-3-5-11(16)6-4-10/h3-8,13,20H,1-2H3. The maximum absolute atomic E-state index is 13.4. The van der Waals surface area contributed by atoms with Gasteiger partial charge >= 0.3 is 6.18 Å². The highest BCUT2D eigenvalue weighted by molar-refractivity contribution is 7.89. The minimum atomic E-state index is -4.86. The van der Waals surface area contributed by atoms with Gasteiger partial charge in [-0.15, -0.1) is 0 Å². The van der Waals surface area contributed by atoms with Crippen LogP contribution in [0.4, 0.5) is 13.2 Å². The van der Waals surface area contributed by atoms with Crippen molar-refractivity contribution in [3.63, 3.8) is 0 Å². The molecule has 1 N–H and O–H groups in total. The lowest BCUT2D eigenvalue weighted by atomic mass is 10.1. The Kier molecular flexibility index (Phi) is 5.31. The highest BCUT2D eigenvalue weighted by Gasteiger charge is 2.43. The summed E-state index contributed by atoms with van der Waals surface area (Å²) < 4.78 is 67.5. The fourth-order valence-corrected chi connectivity index (χ4v) is 3.66. The Morgan fingerprint density at radius 3 is 2.24 bits per heavy atom. The molecule has 1 aromatic carbocycles. The first-order valence-corrected chi connectivity index (χ1v) is 8.80. The molecule has 10 heteroatoms. The van der Waals surface area contributed by atoms with Crippen LogP contribution in [-0.4, -0.2) is 19.2 Å². The Hall–Kier alpha value is -1.84. The summed E-state index contributed by atoms with van der Waals surface area (Å²) in [5.41, 5.74) is -0.647. The number of hydrogen-bond acceptors (Lipinski definition) is 3. The molecule has 0 saturated carbocycles. The molecule has 0 bridgehead atoms. The van der Waals surface area contributed by atoms with Crippen molar-refractivity contribution in [1.29, 1.82) is 0 Å². The largest absolute Gasteiger partial charge is 0.408 e. The second-order valence-corrected chi connectivity index (χ2v) is 7.57. The van der Waals surface area contributed by atoms with E-state index in [4.69, 9.17) is 11.6 Å². The van der Waals surface area contributed by atoms with E-state index in [9.17, 15) is 26.4 Å². The van der Waals surface area contributed by atoms with Crippen molar-refractivity contribution in [1.82, 2.24) is 9.29 Å².